The lowest BCUT2D eigenvalue weighted by Gasteiger charge is -2.03. The molecule has 0 aromatic rings. The molecule has 0 aromatic carbocycles. The zero-order chi connectivity index (χ0) is 9.56. The molecule has 3 nitrogen and oxygen atoms in total. The Morgan fingerprint density at radius 3 is 2.67 bits per heavy atom. The van der Waals surface area contributed by atoms with Gasteiger partial charge in [0.05, 0.1) is 6.61 Å². The predicted octanol–water partition coefficient (Wildman–Crippen LogP) is 0.845. The highest BCUT2D eigenvalue weighted by Gasteiger charge is 2.07. The van der Waals surface area contributed by atoms with Gasteiger partial charge < -0.3 is 10.4 Å². The Bertz CT molecular complexity index is 180. The Balaban J connectivity index is 3.89. The first-order valence-corrected chi connectivity index (χ1v) is 4.30. The summed E-state index contributed by atoms with van der Waals surface area (Å²) in [4.78, 5) is 9.86. The number of alkyl halides is 2. The summed E-state index contributed by atoms with van der Waals surface area (Å²) in [6.45, 7) is 2.12. The summed E-state index contributed by atoms with van der Waals surface area (Å²) in [7, 11) is 0. The second-order valence-electron chi connectivity index (χ2n) is 2.18. The van der Waals surface area contributed by atoms with Crippen LogP contribution in [0.5, 0.6) is 0 Å². The fourth-order valence-electron chi connectivity index (χ4n) is 0.580. The van der Waals surface area contributed by atoms with Crippen molar-refractivity contribution in [1.82, 2.24) is 5.32 Å². The molecule has 0 aliphatic rings. The number of ketones is 1. The molecular formula is C7H11Cl2NO2. The number of carbonyl (C=O) groups is 1. The topological polar surface area (TPSA) is 49.3 Å². The number of rotatable bonds is 5. The smallest absolute Gasteiger partial charge is 0.190 e. The van der Waals surface area contributed by atoms with Crippen molar-refractivity contribution in [3.05, 3.63) is 11.8 Å². The van der Waals surface area contributed by atoms with Crippen molar-refractivity contribution in [2.24, 2.45) is 0 Å². The van der Waals surface area contributed by atoms with Crippen molar-refractivity contribution in [1.29, 1.82) is 0 Å². The maximum Gasteiger partial charge on any atom is 0.190 e. The summed E-state index contributed by atoms with van der Waals surface area (Å²) in [6, 6.07) is 0. The molecule has 0 amide bonds. The van der Waals surface area contributed by atoms with Gasteiger partial charge in [0.25, 0.3) is 0 Å². The van der Waals surface area contributed by atoms with Crippen LogP contribution in [-0.2, 0) is 4.79 Å². The van der Waals surface area contributed by atoms with Gasteiger partial charge in [-0.2, -0.15) is 0 Å². The normalized spacial score (nSPS) is 11.9. The monoisotopic (exact) mass is 211 g/mol. The van der Waals surface area contributed by atoms with E-state index in [9.17, 15) is 4.79 Å². The Morgan fingerprint density at radius 2 is 2.25 bits per heavy atom. The summed E-state index contributed by atoms with van der Waals surface area (Å²) in [5, 5.41) is 11.2. The van der Waals surface area contributed by atoms with E-state index in [0.29, 0.717) is 12.2 Å². The van der Waals surface area contributed by atoms with Crippen LogP contribution in [0.2, 0.25) is 0 Å². The third kappa shape index (κ3) is 5.41. The number of hydrogen-bond donors (Lipinski definition) is 2. The van der Waals surface area contributed by atoms with Gasteiger partial charge in [0, 0.05) is 18.3 Å². The van der Waals surface area contributed by atoms with Crippen molar-refractivity contribution in [2.75, 3.05) is 13.2 Å². The van der Waals surface area contributed by atoms with E-state index in [-0.39, 0.29) is 12.4 Å². The second kappa shape index (κ2) is 6.29. The van der Waals surface area contributed by atoms with Gasteiger partial charge in [-0.15, -0.1) is 0 Å². The number of aliphatic hydroxyl groups excluding tert-OH is 1. The van der Waals surface area contributed by atoms with E-state index in [2.05, 4.69) is 5.32 Å². The highest BCUT2D eigenvalue weighted by Crippen LogP contribution is 2.04. The van der Waals surface area contributed by atoms with Gasteiger partial charge in [-0.05, 0) is 6.92 Å². The SMILES string of the molecule is C/C(=C/C(=O)C(Cl)Cl)NCCO. The Kier molecular flexibility index (Phi) is 6.16. The highest BCUT2D eigenvalue weighted by atomic mass is 35.5. The lowest BCUT2D eigenvalue weighted by molar-refractivity contribution is -0.113. The molecule has 12 heavy (non-hydrogen) atoms. The molecular weight excluding hydrogens is 201 g/mol. The molecule has 0 heterocycles. The molecule has 0 aliphatic heterocycles. The zero-order valence-electron chi connectivity index (χ0n) is 6.68. The van der Waals surface area contributed by atoms with Crippen molar-refractivity contribution in [3.8, 4) is 0 Å². The van der Waals surface area contributed by atoms with Gasteiger partial charge in [-0.25, -0.2) is 0 Å². The van der Waals surface area contributed by atoms with Gasteiger partial charge in [0.15, 0.2) is 10.6 Å². The fourth-order valence-corrected chi connectivity index (χ4v) is 0.706. The quantitative estimate of drug-likeness (QED) is 0.524. The Labute approximate surface area is 81.4 Å². The van der Waals surface area contributed by atoms with E-state index in [1.165, 1.54) is 6.08 Å². The minimum atomic E-state index is -1.02. The van der Waals surface area contributed by atoms with Crippen molar-refractivity contribution >= 4 is 29.0 Å². The third-order valence-electron chi connectivity index (χ3n) is 1.09. The van der Waals surface area contributed by atoms with E-state index in [1.54, 1.807) is 6.92 Å². The molecule has 0 bridgehead atoms. The second-order valence-corrected chi connectivity index (χ2v) is 3.28. The molecule has 0 atom stereocenters. The molecule has 0 spiro atoms. The van der Waals surface area contributed by atoms with Gasteiger partial charge in [0.2, 0.25) is 0 Å². The van der Waals surface area contributed by atoms with Crippen LogP contribution in [0.3, 0.4) is 0 Å². The minimum Gasteiger partial charge on any atom is -0.395 e. The average Bonchev–Trinajstić information content (AvgIpc) is 2.00. The molecule has 0 aliphatic carbocycles. The number of nitrogens with one attached hydrogen (secondary N) is 1. The molecule has 5 heteroatoms. The van der Waals surface area contributed by atoms with Crippen LogP contribution in [0.15, 0.2) is 11.8 Å². The molecule has 0 saturated heterocycles. The first-order valence-electron chi connectivity index (χ1n) is 3.43. The van der Waals surface area contributed by atoms with E-state index < -0.39 is 4.84 Å². The lowest BCUT2D eigenvalue weighted by atomic mass is 10.3. The van der Waals surface area contributed by atoms with E-state index in [4.69, 9.17) is 28.3 Å². The number of carbonyl (C=O) groups excluding carboxylic acids is 1. The molecule has 0 saturated carbocycles. The fraction of sp³-hybridized carbons (Fsp3) is 0.571. The molecule has 0 rings (SSSR count). The van der Waals surface area contributed by atoms with E-state index in [1.807, 2.05) is 0 Å². The van der Waals surface area contributed by atoms with Gasteiger partial charge in [-0.3, -0.25) is 4.79 Å². The molecule has 0 radical (unpaired) electrons. The van der Waals surface area contributed by atoms with Crippen LogP contribution < -0.4 is 5.32 Å². The minimum absolute atomic E-state index is 0.0184. The van der Waals surface area contributed by atoms with Crippen LogP contribution >= 0.6 is 23.2 Å². The van der Waals surface area contributed by atoms with E-state index in [0.717, 1.165) is 0 Å². The molecule has 2 N–H and O–H groups in total. The Morgan fingerprint density at radius 1 is 1.67 bits per heavy atom. The summed E-state index contributed by atoms with van der Waals surface area (Å²) >= 11 is 10.6. The largest absolute Gasteiger partial charge is 0.395 e. The standard InChI is InChI=1S/C7H11Cl2NO2/c1-5(10-2-3-11)4-6(12)7(8)9/h4,7,10-11H,2-3H2,1H3/b5-4-. The van der Waals surface area contributed by atoms with Gasteiger partial charge in [-0.1, -0.05) is 23.2 Å². The average molecular weight is 212 g/mol. The highest BCUT2D eigenvalue weighted by molar-refractivity contribution is 6.54. The lowest BCUT2D eigenvalue weighted by Crippen LogP contribution is -2.17. The van der Waals surface area contributed by atoms with Gasteiger partial charge in [0.1, 0.15) is 0 Å². The number of allylic oxidation sites excluding steroid dienone is 2. The van der Waals surface area contributed by atoms with Crippen LogP contribution in [0, 0.1) is 0 Å². The van der Waals surface area contributed by atoms with Crippen LogP contribution in [0.25, 0.3) is 0 Å². The summed E-state index contributed by atoms with van der Waals surface area (Å²) < 4.78 is 0. The molecule has 70 valence electrons. The molecule has 0 aromatic heterocycles. The summed E-state index contributed by atoms with van der Waals surface area (Å²) in [5.74, 6) is -0.360. The maximum atomic E-state index is 10.9. The van der Waals surface area contributed by atoms with Crippen molar-refractivity contribution < 1.29 is 9.90 Å². The summed E-state index contributed by atoms with van der Waals surface area (Å²) in [6.07, 6.45) is 1.31. The first-order chi connectivity index (χ1) is 5.57. The third-order valence-corrected chi connectivity index (χ3v) is 1.52. The van der Waals surface area contributed by atoms with Crippen molar-refractivity contribution in [3.63, 3.8) is 0 Å². The van der Waals surface area contributed by atoms with E-state index >= 15 is 0 Å². The molecule has 0 unspecified atom stereocenters. The maximum absolute atomic E-state index is 10.9. The summed E-state index contributed by atoms with van der Waals surface area (Å²) in [5.41, 5.74) is 0.639. The zero-order valence-corrected chi connectivity index (χ0v) is 8.19. The predicted molar refractivity (Wildman–Crippen MR) is 49.3 cm³/mol. The van der Waals surface area contributed by atoms with Crippen molar-refractivity contribution in [2.45, 2.75) is 11.8 Å². The number of aliphatic hydroxyl groups is 1. The van der Waals surface area contributed by atoms with Crippen LogP contribution in [0.1, 0.15) is 6.92 Å². The number of halogens is 2. The number of hydrogen-bond acceptors (Lipinski definition) is 3. The molecule has 0 fully saturated rings. The first kappa shape index (κ1) is 11.8. The van der Waals surface area contributed by atoms with Crippen LogP contribution in [0.4, 0.5) is 0 Å². The van der Waals surface area contributed by atoms with Gasteiger partial charge >= 0.3 is 0 Å². The van der Waals surface area contributed by atoms with Crippen LogP contribution in [-0.4, -0.2) is 28.9 Å². The Hall–Kier alpha value is -0.250.